The molecule has 2 heteroatoms. The van der Waals surface area contributed by atoms with Gasteiger partial charge in [-0.2, -0.15) is 0 Å². The smallest absolute Gasteiger partial charge is 0.0462 e. The lowest BCUT2D eigenvalue weighted by Crippen LogP contribution is -2.03. The van der Waals surface area contributed by atoms with Crippen molar-refractivity contribution in [3.05, 3.63) is 0 Å². The molecule has 0 spiro atoms. The summed E-state index contributed by atoms with van der Waals surface area (Å²) in [4.78, 5) is 0. The standard InChI is InChI=1S/C5H11NO/c6-2-4-1-5(4)3-7/h4-5,7H,1-3,6H2/t4-,5+/m0/s1. The van der Waals surface area contributed by atoms with Gasteiger partial charge in [0.15, 0.2) is 0 Å². The summed E-state index contributed by atoms with van der Waals surface area (Å²) in [5, 5.41) is 8.45. The van der Waals surface area contributed by atoms with Crippen molar-refractivity contribution in [3.63, 3.8) is 0 Å². The molecule has 0 unspecified atom stereocenters. The maximum atomic E-state index is 8.45. The van der Waals surface area contributed by atoms with Gasteiger partial charge in [-0.3, -0.25) is 0 Å². The molecular weight excluding hydrogens is 90.1 g/mol. The Morgan fingerprint density at radius 3 is 2.43 bits per heavy atom. The van der Waals surface area contributed by atoms with Crippen LogP contribution in [0, 0.1) is 11.8 Å². The van der Waals surface area contributed by atoms with Crippen LogP contribution in [-0.2, 0) is 0 Å². The minimum Gasteiger partial charge on any atom is -0.396 e. The highest BCUT2D eigenvalue weighted by Crippen LogP contribution is 2.36. The van der Waals surface area contributed by atoms with Crippen LogP contribution < -0.4 is 5.73 Å². The molecule has 0 aliphatic heterocycles. The Balaban J connectivity index is 2.06. The third-order valence-electron chi connectivity index (χ3n) is 1.61. The quantitative estimate of drug-likeness (QED) is 0.496. The SMILES string of the molecule is NC[C@@H]1C[C@@H]1CO. The Kier molecular flexibility index (Phi) is 1.30. The Labute approximate surface area is 43.3 Å². The molecule has 0 saturated heterocycles. The van der Waals surface area contributed by atoms with E-state index in [0.717, 1.165) is 13.0 Å². The lowest BCUT2D eigenvalue weighted by Gasteiger charge is -1.85. The predicted octanol–water partition coefficient (Wildman–Crippen LogP) is -0.426. The maximum absolute atomic E-state index is 8.45. The molecule has 42 valence electrons. The monoisotopic (exact) mass is 101 g/mol. The molecule has 0 amide bonds. The number of hydrogen-bond acceptors (Lipinski definition) is 2. The molecule has 0 radical (unpaired) electrons. The van der Waals surface area contributed by atoms with E-state index in [1.165, 1.54) is 0 Å². The first-order valence-electron chi connectivity index (χ1n) is 2.69. The van der Waals surface area contributed by atoms with Gasteiger partial charge in [0.2, 0.25) is 0 Å². The van der Waals surface area contributed by atoms with E-state index in [-0.39, 0.29) is 0 Å². The summed E-state index contributed by atoms with van der Waals surface area (Å²) in [6.45, 7) is 1.09. The lowest BCUT2D eigenvalue weighted by atomic mass is 10.3. The summed E-state index contributed by atoms with van der Waals surface area (Å²) in [5.74, 6) is 1.19. The average molecular weight is 101 g/mol. The fourth-order valence-electron chi connectivity index (χ4n) is 0.823. The van der Waals surface area contributed by atoms with Gasteiger partial charge in [-0.1, -0.05) is 0 Å². The van der Waals surface area contributed by atoms with Gasteiger partial charge in [0.05, 0.1) is 0 Å². The molecule has 0 heterocycles. The number of nitrogens with two attached hydrogens (primary N) is 1. The Hall–Kier alpha value is -0.0800. The summed E-state index contributed by atoms with van der Waals surface area (Å²) < 4.78 is 0. The minimum atomic E-state index is 0.335. The summed E-state index contributed by atoms with van der Waals surface area (Å²) in [6, 6.07) is 0. The molecule has 0 bridgehead atoms. The van der Waals surface area contributed by atoms with E-state index in [0.29, 0.717) is 18.4 Å². The molecule has 1 fully saturated rings. The summed E-state index contributed by atoms with van der Waals surface area (Å²) in [7, 11) is 0. The molecule has 0 aromatic rings. The topological polar surface area (TPSA) is 46.2 Å². The molecule has 2 nitrogen and oxygen atoms in total. The van der Waals surface area contributed by atoms with Crippen molar-refractivity contribution in [2.75, 3.05) is 13.2 Å². The van der Waals surface area contributed by atoms with Crippen LogP contribution in [0.3, 0.4) is 0 Å². The van der Waals surface area contributed by atoms with Crippen molar-refractivity contribution in [3.8, 4) is 0 Å². The Morgan fingerprint density at radius 2 is 2.29 bits per heavy atom. The van der Waals surface area contributed by atoms with Gasteiger partial charge >= 0.3 is 0 Å². The first-order valence-corrected chi connectivity index (χ1v) is 2.69. The van der Waals surface area contributed by atoms with Crippen LogP contribution in [0.15, 0.2) is 0 Å². The largest absolute Gasteiger partial charge is 0.396 e. The average Bonchev–Trinajstić information content (AvgIpc) is 2.43. The highest BCUT2D eigenvalue weighted by Gasteiger charge is 2.34. The van der Waals surface area contributed by atoms with E-state index in [1.54, 1.807) is 0 Å². The zero-order valence-corrected chi connectivity index (χ0v) is 4.30. The molecule has 0 aromatic heterocycles. The first-order chi connectivity index (χ1) is 3.38. The number of rotatable bonds is 2. The lowest BCUT2D eigenvalue weighted by molar-refractivity contribution is 0.269. The number of aliphatic hydroxyl groups excluding tert-OH is 1. The van der Waals surface area contributed by atoms with Crippen LogP contribution in [-0.4, -0.2) is 18.3 Å². The third kappa shape index (κ3) is 0.924. The maximum Gasteiger partial charge on any atom is 0.0462 e. The van der Waals surface area contributed by atoms with Gasteiger partial charge in [0, 0.05) is 6.61 Å². The van der Waals surface area contributed by atoms with Gasteiger partial charge in [0.25, 0.3) is 0 Å². The number of hydrogen-bond donors (Lipinski definition) is 2. The van der Waals surface area contributed by atoms with E-state index in [2.05, 4.69) is 0 Å². The molecule has 1 rings (SSSR count). The Morgan fingerprint density at radius 1 is 1.57 bits per heavy atom. The van der Waals surface area contributed by atoms with Crippen LogP contribution >= 0.6 is 0 Å². The third-order valence-corrected chi connectivity index (χ3v) is 1.61. The van der Waals surface area contributed by atoms with Gasteiger partial charge < -0.3 is 10.8 Å². The summed E-state index contributed by atoms with van der Waals surface area (Å²) in [6.07, 6.45) is 1.15. The second kappa shape index (κ2) is 1.80. The molecule has 7 heavy (non-hydrogen) atoms. The zero-order valence-electron chi connectivity index (χ0n) is 4.30. The second-order valence-electron chi connectivity index (χ2n) is 2.17. The van der Waals surface area contributed by atoms with Crippen molar-refractivity contribution < 1.29 is 5.11 Å². The van der Waals surface area contributed by atoms with Crippen molar-refractivity contribution >= 4 is 0 Å². The summed E-state index contributed by atoms with van der Waals surface area (Å²) >= 11 is 0. The molecule has 3 N–H and O–H groups in total. The number of aliphatic hydroxyl groups is 1. The molecule has 0 aromatic carbocycles. The van der Waals surface area contributed by atoms with Crippen LogP contribution in [0.2, 0.25) is 0 Å². The first kappa shape index (κ1) is 5.06. The zero-order chi connectivity index (χ0) is 5.28. The van der Waals surface area contributed by atoms with Crippen molar-refractivity contribution in [1.29, 1.82) is 0 Å². The van der Waals surface area contributed by atoms with E-state index >= 15 is 0 Å². The van der Waals surface area contributed by atoms with E-state index < -0.39 is 0 Å². The van der Waals surface area contributed by atoms with Crippen LogP contribution in [0.5, 0.6) is 0 Å². The van der Waals surface area contributed by atoms with Crippen LogP contribution in [0.1, 0.15) is 6.42 Å². The van der Waals surface area contributed by atoms with Crippen molar-refractivity contribution in [2.45, 2.75) is 6.42 Å². The summed E-state index contributed by atoms with van der Waals surface area (Å²) in [5.41, 5.74) is 5.29. The molecule has 2 atom stereocenters. The molecule has 1 aliphatic carbocycles. The van der Waals surface area contributed by atoms with E-state index in [1.807, 2.05) is 0 Å². The van der Waals surface area contributed by atoms with Gasteiger partial charge in [-0.15, -0.1) is 0 Å². The van der Waals surface area contributed by atoms with Crippen molar-refractivity contribution in [2.24, 2.45) is 17.6 Å². The molecular formula is C5H11NO. The van der Waals surface area contributed by atoms with Crippen LogP contribution in [0.4, 0.5) is 0 Å². The molecule has 1 saturated carbocycles. The highest BCUT2D eigenvalue weighted by molar-refractivity contribution is 4.85. The fourth-order valence-corrected chi connectivity index (χ4v) is 0.823. The fraction of sp³-hybridized carbons (Fsp3) is 1.00. The highest BCUT2D eigenvalue weighted by atomic mass is 16.3. The van der Waals surface area contributed by atoms with Crippen molar-refractivity contribution in [1.82, 2.24) is 0 Å². The minimum absolute atomic E-state index is 0.335. The van der Waals surface area contributed by atoms with Gasteiger partial charge in [0.1, 0.15) is 0 Å². The van der Waals surface area contributed by atoms with Gasteiger partial charge in [-0.25, -0.2) is 0 Å². The molecule has 1 aliphatic rings. The van der Waals surface area contributed by atoms with E-state index in [4.69, 9.17) is 10.8 Å². The second-order valence-corrected chi connectivity index (χ2v) is 2.17. The van der Waals surface area contributed by atoms with Crippen LogP contribution in [0.25, 0.3) is 0 Å². The normalized spacial score (nSPS) is 38.6. The van der Waals surface area contributed by atoms with Gasteiger partial charge in [-0.05, 0) is 24.8 Å². The predicted molar refractivity (Wildman–Crippen MR) is 27.7 cm³/mol. The van der Waals surface area contributed by atoms with E-state index in [9.17, 15) is 0 Å². The Bertz CT molecular complexity index is 57.1.